The molecule has 2 rings (SSSR count). The number of anilines is 2. The van der Waals surface area contributed by atoms with Crippen LogP contribution in [0.25, 0.3) is 10.9 Å². The predicted octanol–water partition coefficient (Wildman–Crippen LogP) is 4.35. The molecule has 0 aliphatic heterocycles. The van der Waals surface area contributed by atoms with E-state index in [0.717, 1.165) is 22.2 Å². The second kappa shape index (κ2) is 8.27. The van der Waals surface area contributed by atoms with Crippen molar-refractivity contribution < 1.29 is 9.53 Å². The van der Waals surface area contributed by atoms with Crippen LogP contribution in [-0.4, -0.2) is 29.8 Å². The molecule has 0 aliphatic rings. The molecule has 1 heterocycles. The molecule has 0 saturated carbocycles. The highest BCUT2D eigenvalue weighted by molar-refractivity contribution is 6.33. The second-order valence-electron chi connectivity index (χ2n) is 7.00. The summed E-state index contributed by atoms with van der Waals surface area (Å²) in [7, 11) is 0. The van der Waals surface area contributed by atoms with Gasteiger partial charge in [0, 0.05) is 18.5 Å². The quantitative estimate of drug-likeness (QED) is 0.533. The van der Waals surface area contributed by atoms with Crippen LogP contribution in [0.3, 0.4) is 0 Å². The number of nitrogens with zero attached hydrogens (tertiary/aromatic N) is 1. The van der Waals surface area contributed by atoms with E-state index in [9.17, 15) is 4.79 Å². The minimum atomic E-state index is -0.510. The first kappa shape index (κ1) is 19.8. The summed E-state index contributed by atoms with van der Waals surface area (Å²) in [5.41, 5.74) is 8.57. The lowest BCUT2D eigenvalue weighted by Gasteiger charge is -2.19. The first-order valence-corrected chi connectivity index (χ1v) is 8.75. The normalized spacial score (nSPS) is 12.1. The van der Waals surface area contributed by atoms with Gasteiger partial charge in [0.05, 0.1) is 16.9 Å². The Morgan fingerprint density at radius 3 is 2.73 bits per heavy atom. The Hall–Kier alpha value is -2.47. The zero-order chi connectivity index (χ0) is 19.3. The molecule has 0 unspecified atom stereocenters. The highest BCUT2D eigenvalue weighted by Gasteiger charge is 2.15. The molecule has 0 saturated heterocycles. The molecule has 1 aromatic carbocycles. The number of carbonyl (C=O) groups excluding carboxylic acids is 1. The number of benzene rings is 1. The van der Waals surface area contributed by atoms with Crippen molar-refractivity contribution in [2.75, 3.05) is 24.1 Å². The average Bonchev–Trinajstić information content (AvgIpc) is 2.53. The van der Waals surface area contributed by atoms with E-state index in [1.165, 1.54) is 0 Å². The number of fused-ring (bicyclic) bond motifs is 1. The summed E-state index contributed by atoms with van der Waals surface area (Å²) >= 11 is 6.13. The highest BCUT2D eigenvalue weighted by atomic mass is 35.5. The number of hydrogen-bond donors (Lipinski definition) is 3. The van der Waals surface area contributed by atoms with Crippen molar-refractivity contribution in [1.29, 1.82) is 0 Å². The van der Waals surface area contributed by atoms with E-state index in [4.69, 9.17) is 22.1 Å². The van der Waals surface area contributed by atoms with Gasteiger partial charge in [-0.25, -0.2) is 9.78 Å². The largest absolute Gasteiger partial charge is 0.444 e. The molecule has 0 bridgehead atoms. The summed E-state index contributed by atoms with van der Waals surface area (Å²) < 4.78 is 5.19. The Labute approximate surface area is 158 Å². The number of aromatic nitrogens is 1. The first-order chi connectivity index (χ1) is 12.2. The lowest BCUT2D eigenvalue weighted by atomic mass is 10.1. The van der Waals surface area contributed by atoms with Crippen LogP contribution in [0.5, 0.6) is 0 Å². The number of nitrogen functional groups attached to an aromatic ring is 1. The van der Waals surface area contributed by atoms with Crippen molar-refractivity contribution in [3.63, 3.8) is 0 Å². The van der Waals surface area contributed by atoms with Gasteiger partial charge >= 0.3 is 6.09 Å². The van der Waals surface area contributed by atoms with Crippen molar-refractivity contribution in [3.05, 3.63) is 41.1 Å². The molecule has 0 fully saturated rings. The standard InChI is InChI=1S/C19H25ClN4O2/c1-12(9-10-22-18(25)26-19(2,3)4)11-23-16-13-7-5-6-8-14(13)24-17(20)15(16)21/h5-9H,10-11,21H2,1-4H3,(H,22,25)(H,23,24)/b12-9+. The van der Waals surface area contributed by atoms with Gasteiger partial charge in [0.15, 0.2) is 5.15 Å². The van der Waals surface area contributed by atoms with E-state index in [1.807, 2.05) is 58.0 Å². The number of rotatable bonds is 5. The van der Waals surface area contributed by atoms with Crippen molar-refractivity contribution in [3.8, 4) is 0 Å². The molecule has 26 heavy (non-hydrogen) atoms. The summed E-state index contributed by atoms with van der Waals surface area (Å²) in [6.45, 7) is 8.38. The van der Waals surface area contributed by atoms with Gasteiger partial charge < -0.3 is 21.1 Å². The second-order valence-corrected chi connectivity index (χ2v) is 7.35. The molecule has 0 radical (unpaired) electrons. The van der Waals surface area contributed by atoms with Crippen molar-refractivity contribution in [2.45, 2.75) is 33.3 Å². The van der Waals surface area contributed by atoms with Gasteiger partial charge in [-0.3, -0.25) is 0 Å². The zero-order valence-corrected chi connectivity index (χ0v) is 16.3. The predicted molar refractivity (Wildman–Crippen MR) is 108 cm³/mol. The van der Waals surface area contributed by atoms with Crippen LogP contribution >= 0.6 is 11.6 Å². The number of para-hydroxylation sites is 1. The molecule has 2 aromatic rings. The van der Waals surface area contributed by atoms with Crippen molar-refractivity contribution in [1.82, 2.24) is 10.3 Å². The van der Waals surface area contributed by atoms with E-state index in [2.05, 4.69) is 15.6 Å². The molecule has 1 amide bonds. The molecule has 0 aliphatic carbocycles. The third-order valence-electron chi connectivity index (χ3n) is 3.52. The summed E-state index contributed by atoms with van der Waals surface area (Å²) in [5, 5.41) is 7.20. The number of alkyl carbamates (subject to hydrolysis) is 1. The number of nitrogens with one attached hydrogen (secondary N) is 2. The van der Waals surface area contributed by atoms with Gasteiger partial charge in [-0.05, 0) is 33.8 Å². The van der Waals surface area contributed by atoms with Crippen LogP contribution in [0.4, 0.5) is 16.2 Å². The molecular formula is C19H25ClN4O2. The first-order valence-electron chi connectivity index (χ1n) is 8.37. The number of carbonyl (C=O) groups is 1. The lowest BCUT2D eigenvalue weighted by Crippen LogP contribution is -2.32. The van der Waals surface area contributed by atoms with Gasteiger partial charge in [0.1, 0.15) is 5.60 Å². The van der Waals surface area contributed by atoms with E-state index in [-0.39, 0.29) is 5.15 Å². The molecule has 6 nitrogen and oxygen atoms in total. The van der Waals surface area contributed by atoms with Gasteiger partial charge in [-0.2, -0.15) is 0 Å². The smallest absolute Gasteiger partial charge is 0.407 e. The van der Waals surface area contributed by atoms with Gasteiger partial charge in [0.25, 0.3) is 0 Å². The van der Waals surface area contributed by atoms with Crippen LogP contribution < -0.4 is 16.4 Å². The van der Waals surface area contributed by atoms with Crippen LogP contribution in [0.1, 0.15) is 27.7 Å². The van der Waals surface area contributed by atoms with Gasteiger partial charge in [-0.15, -0.1) is 0 Å². The number of hydrogen-bond acceptors (Lipinski definition) is 5. The number of amides is 1. The number of ether oxygens (including phenoxy) is 1. The average molecular weight is 377 g/mol. The van der Waals surface area contributed by atoms with Crippen LogP contribution in [0.2, 0.25) is 5.15 Å². The van der Waals surface area contributed by atoms with Gasteiger partial charge in [-0.1, -0.05) is 41.4 Å². The lowest BCUT2D eigenvalue weighted by molar-refractivity contribution is 0.0534. The SMILES string of the molecule is C/C(=C\CNC(=O)OC(C)(C)C)CNc1c(N)c(Cl)nc2ccccc12. The monoisotopic (exact) mass is 376 g/mol. The number of pyridine rings is 1. The fourth-order valence-corrected chi connectivity index (χ4v) is 2.50. The molecule has 1 aromatic heterocycles. The van der Waals surface area contributed by atoms with Crippen LogP contribution in [-0.2, 0) is 4.74 Å². The molecule has 140 valence electrons. The Bertz CT molecular complexity index is 828. The molecule has 7 heteroatoms. The van der Waals surface area contributed by atoms with Crippen LogP contribution in [0, 0.1) is 0 Å². The van der Waals surface area contributed by atoms with Crippen LogP contribution in [0.15, 0.2) is 35.9 Å². The Balaban J connectivity index is 1.99. The third-order valence-corrected chi connectivity index (χ3v) is 3.81. The van der Waals surface area contributed by atoms with E-state index in [1.54, 1.807) is 0 Å². The maximum atomic E-state index is 11.6. The molecule has 4 N–H and O–H groups in total. The van der Waals surface area contributed by atoms with Crippen molar-refractivity contribution >= 4 is 40.0 Å². The van der Waals surface area contributed by atoms with E-state index >= 15 is 0 Å². The van der Waals surface area contributed by atoms with E-state index < -0.39 is 11.7 Å². The fourth-order valence-electron chi connectivity index (χ4n) is 2.31. The summed E-state index contributed by atoms with van der Waals surface area (Å²) in [6.07, 6.45) is 1.48. The van der Waals surface area contributed by atoms with Gasteiger partial charge in [0.2, 0.25) is 0 Å². The minimum Gasteiger partial charge on any atom is -0.444 e. The molecule has 0 atom stereocenters. The Morgan fingerprint density at radius 2 is 2.04 bits per heavy atom. The maximum absolute atomic E-state index is 11.6. The summed E-state index contributed by atoms with van der Waals surface area (Å²) in [4.78, 5) is 15.9. The maximum Gasteiger partial charge on any atom is 0.407 e. The zero-order valence-electron chi connectivity index (χ0n) is 15.5. The minimum absolute atomic E-state index is 0.277. The third kappa shape index (κ3) is 5.52. The Kier molecular flexibility index (Phi) is 6.32. The fraction of sp³-hybridized carbons (Fsp3) is 0.368. The van der Waals surface area contributed by atoms with Crippen molar-refractivity contribution in [2.24, 2.45) is 0 Å². The molecular weight excluding hydrogens is 352 g/mol. The summed E-state index contributed by atoms with van der Waals surface area (Å²) in [5.74, 6) is 0. The summed E-state index contributed by atoms with van der Waals surface area (Å²) in [6, 6.07) is 7.66. The molecule has 0 spiro atoms. The number of nitrogens with two attached hydrogens (primary N) is 1. The number of halogens is 1. The van der Waals surface area contributed by atoms with E-state index in [0.29, 0.717) is 18.8 Å². The highest BCUT2D eigenvalue weighted by Crippen LogP contribution is 2.33. The Morgan fingerprint density at radius 1 is 1.35 bits per heavy atom. The topological polar surface area (TPSA) is 89.3 Å².